The van der Waals surface area contributed by atoms with Crippen molar-refractivity contribution >= 4 is 5.97 Å². The first kappa shape index (κ1) is 26.9. The van der Waals surface area contributed by atoms with Crippen LogP contribution < -0.4 is 0 Å². The number of ether oxygens (including phenoxy) is 2. The lowest BCUT2D eigenvalue weighted by Crippen LogP contribution is -2.25. The number of aromatic nitrogens is 1. The molecule has 0 spiro atoms. The van der Waals surface area contributed by atoms with Crippen molar-refractivity contribution < 1.29 is 23.8 Å². The van der Waals surface area contributed by atoms with E-state index in [2.05, 4.69) is 19.1 Å². The first-order valence-electron chi connectivity index (χ1n) is 13.6. The maximum absolute atomic E-state index is 11.7. The zero-order valence-electron chi connectivity index (χ0n) is 22.6. The van der Waals surface area contributed by atoms with Gasteiger partial charge in [0.05, 0.1) is 24.9 Å². The Kier molecular flexibility index (Phi) is 8.54. The van der Waals surface area contributed by atoms with Gasteiger partial charge in [-0.1, -0.05) is 72.6 Å². The van der Waals surface area contributed by atoms with Crippen LogP contribution in [-0.4, -0.2) is 28.8 Å². The maximum atomic E-state index is 11.7. The largest absolute Gasteiger partial charge is 0.478 e. The number of aryl methyl sites for hydroxylation is 2. The third kappa shape index (κ3) is 6.64. The Morgan fingerprint density at radius 3 is 2.51 bits per heavy atom. The fraction of sp³-hybridized carbons (Fsp3) is 0.333. The highest BCUT2D eigenvalue weighted by Crippen LogP contribution is 2.32. The van der Waals surface area contributed by atoms with Crippen LogP contribution in [0.1, 0.15) is 58.4 Å². The topological polar surface area (TPSA) is 81.8 Å². The van der Waals surface area contributed by atoms with Crippen molar-refractivity contribution in [3.63, 3.8) is 0 Å². The quantitative estimate of drug-likeness (QED) is 0.229. The standard InChI is InChI=1S/C33H35NO5/c1-22-14-16-26(17-15-22)32-34-29(31(39-32)25-10-4-3-5-11-25)21-38-28-13-7-9-24(18-28)19-37-20-27-12-6-8-23(2)30(27)33(35)36/h3-6,8,10-12,14-17,24,28H,7,9,13,18-21H2,1-2H3,(H,35,36). The normalized spacial score (nSPS) is 17.3. The third-order valence-corrected chi connectivity index (χ3v) is 7.41. The Morgan fingerprint density at radius 1 is 0.949 bits per heavy atom. The molecule has 5 rings (SSSR count). The number of carboxylic acids is 1. The molecule has 1 heterocycles. The monoisotopic (exact) mass is 525 g/mol. The highest BCUT2D eigenvalue weighted by Gasteiger charge is 2.25. The van der Waals surface area contributed by atoms with Crippen LogP contribution in [0.3, 0.4) is 0 Å². The van der Waals surface area contributed by atoms with Gasteiger partial charge in [0.2, 0.25) is 5.89 Å². The molecule has 1 aromatic heterocycles. The lowest BCUT2D eigenvalue weighted by Gasteiger charge is -2.29. The summed E-state index contributed by atoms with van der Waals surface area (Å²) >= 11 is 0. The molecule has 1 aliphatic carbocycles. The lowest BCUT2D eigenvalue weighted by molar-refractivity contribution is -0.0186. The summed E-state index contributed by atoms with van der Waals surface area (Å²) in [5, 5.41) is 9.57. The molecule has 1 fully saturated rings. The second-order valence-electron chi connectivity index (χ2n) is 10.4. The van der Waals surface area contributed by atoms with Crippen LogP contribution in [0.4, 0.5) is 0 Å². The molecule has 4 aromatic rings. The minimum absolute atomic E-state index is 0.115. The zero-order chi connectivity index (χ0) is 27.2. The number of hydrogen-bond acceptors (Lipinski definition) is 5. The van der Waals surface area contributed by atoms with Crippen molar-refractivity contribution in [1.29, 1.82) is 0 Å². The van der Waals surface area contributed by atoms with Crippen LogP contribution in [0.2, 0.25) is 0 Å². The summed E-state index contributed by atoms with van der Waals surface area (Å²) in [4.78, 5) is 16.5. The molecule has 2 unspecified atom stereocenters. The molecule has 1 N–H and O–H groups in total. The van der Waals surface area contributed by atoms with E-state index in [1.54, 1.807) is 0 Å². The van der Waals surface area contributed by atoms with Gasteiger partial charge in [0.15, 0.2) is 5.76 Å². The third-order valence-electron chi connectivity index (χ3n) is 7.41. The minimum atomic E-state index is -0.911. The Hall–Kier alpha value is -3.74. The highest BCUT2D eigenvalue weighted by molar-refractivity contribution is 5.91. The number of carbonyl (C=O) groups is 1. The predicted molar refractivity (Wildman–Crippen MR) is 150 cm³/mol. The molecule has 6 nitrogen and oxygen atoms in total. The predicted octanol–water partition coefficient (Wildman–Crippen LogP) is 7.62. The first-order chi connectivity index (χ1) is 19.0. The molecule has 39 heavy (non-hydrogen) atoms. The number of rotatable bonds is 10. The van der Waals surface area contributed by atoms with E-state index in [1.807, 2.05) is 67.6 Å². The molecule has 0 radical (unpaired) electrons. The fourth-order valence-corrected chi connectivity index (χ4v) is 5.32. The molecule has 0 saturated heterocycles. The van der Waals surface area contributed by atoms with Crippen LogP contribution in [0.25, 0.3) is 22.8 Å². The van der Waals surface area contributed by atoms with Gasteiger partial charge in [0, 0.05) is 17.7 Å². The smallest absolute Gasteiger partial charge is 0.336 e. The summed E-state index contributed by atoms with van der Waals surface area (Å²) < 4.78 is 18.7. The van der Waals surface area contributed by atoms with Crippen molar-refractivity contribution in [2.75, 3.05) is 6.61 Å². The van der Waals surface area contributed by atoms with Gasteiger partial charge in [0.25, 0.3) is 0 Å². The maximum Gasteiger partial charge on any atom is 0.336 e. The Balaban J connectivity index is 1.22. The summed E-state index contributed by atoms with van der Waals surface area (Å²) in [5.41, 5.74) is 5.73. The number of aromatic carboxylic acids is 1. The van der Waals surface area contributed by atoms with Gasteiger partial charge in [-0.15, -0.1) is 0 Å². The van der Waals surface area contributed by atoms with E-state index in [0.29, 0.717) is 37.2 Å². The number of benzene rings is 3. The molecular formula is C33H35NO5. The zero-order valence-corrected chi connectivity index (χ0v) is 22.6. The Bertz CT molecular complexity index is 1390. The number of hydrogen-bond donors (Lipinski definition) is 1. The average molecular weight is 526 g/mol. The van der Waals surface area contributed by atoms with Crippen molar-refractivity contribution in [1.82, 2.24) is 4.98 Å². The summed E-state index contributed by atoms with van der Waals surface area (Å²) in [6.07, 6.45) is 4.17. The molecular weight excluding hydrogens is 490 g/mol. The summed E-state index contributed by atoms with van der Waals surface area (Å²) in [6.45, 7) is 5.14. The van der Waals surface area contributed by atoms with E-state index in [-0.39, 0.29) is 6.10 Å². The molecule has 1 saturated carbocycles. The molecule has 1 aliphatic rings. The Labute approximate surface area is 229 Å². The van der Waals surface area contributed by atoms with E-state index in [0.717, 1.165) is 59.4 Å². The van der Waals surface area contributed by atoms with Crippen molar-refractivity contribution in [3.8, 4) is 22.8 Å². The first-order valence-corrected chi connectivity index (χ1v) is 13.6. The van der Waals surface area contributed by atoms with Gasteiger partial charge in [-0.05, 0) is 62.3 Å². The highest BCUT2D eigenvalue weighted by atomic mass is 16.5. The molecule has 6 heteroatoms. The van der Waals surface area contributed by atoms with Crippen LogP contribution in [0.15, 0.2) is 77.2 Å². The number of carboxylic acid groups (broad SMARTS) is 1. The molecule has 0 bridgehead atoms. The van der Waals surface area contributed by atoms with Gasteiger partial charge in [0.1, 0.15) is 5.69 Å². The van der Waals surface area contributed by atoms with Crippen LogP contribution >= 0.6 is 0 Å². The summed E-state index contributed by atoms with van der Waals surface area (Å²) in [7, 11) is 0. The van der Waals surface area contributed by atoms with Crippen molar-refractivity contribution in [2.24, 2.45) is 5.92 Å². The van der Waals surface area contributed by atoms with Gasteiger partial charge in [-0.2, -0.15) is 0 Å². The van der Waals surface area contributed by atoms with Crippen LogP contribution in [0.5, 0.6) is 0 Å². The minimum Gasteiger partial charge on any atom is -0.478 e. The summed E-state index contributed by atoms with van der Waals surface area (Å²) in [5.74, 6) is 0.801. The van der Waals surface area contributed by atoms with Gasteiger partial charge in [-0.25, -0.2) is 9.78 Å². The molecule has 202 valence electrons. The van der Waals surface area contributed by atoms with Crippen molar-refractivity contribution in [2.45, 2.75) is 58.8 Å². The second kappa shape index (κ2) is 12.4. The number of nitrogens with zero attached hydrogens (tertiary/aromatic N) is 1. The van der Waals surface area contributed by atoms with E-state index in [4.69, 9.17) is 18.9 Å². The lowest BCUT2D eigenvalue weighted by atomic mass is 9.87. The second-order valence-corrected chi connectivity index (χ2v) is 10.4. The van der Waals surface area contributed by atoms with E-state index >= 15 is 0 Å². The van der Waals surface area contributed by atoms with Crippen molar-refractivity contribution in [3.05, 3.63) is 101 Å². The Morgan fingerprint density at radius 2 is 1.74 bits per heavy atom. The summed E-state index contributed by atoms with van der Waals surface area (Å²) in [6, 6.07) is 23.7. The molecule has 3 aromatic carbocycles. The van der Waals surface area contributed by atoms with Gasteiger partial charge < -0.3 is 19.0 Å². The van der Waals surface area contributed by atoms with Crippen LogP contribution in [-0.2, 0) is 22.7 Å². The number of oxazole rings is 1. The SMILES string of the molecule is Cc1ccc(-c2nc(COC3CCCC(COCc4cccc(C)c4C(=O)O)C3)c(-c3ccccc3)o2)cc1. The molecule has 0 amide bonds. The van der Waals surface area contributed by atoms with E-state index in [9.17, 15) is 9.90 Å². The van der Waals surface area contributed by atoms with E-state index < -0.39 is 5.97 Å². The van der Waals surface area contributed by atoms with Crippen LogP contribution in [0, 0.1) is 19.8 Å². The van der Waals surface area contributed by atoms with Gasteiger partial charge >= 0.3 is 5.97 Å². The molecule has 0 aliphatic heterocycles. The molecule has 2 atom stereocenters. The average Bonchev–Trinajstić information content (AvgIpc) is 3.37. The fourth-order valence-electron chi connectivity index (χ4n) is 5.32. The van der Waals surface area contributed by atoms with E-state index in [1.165, 1.54) is 5.56 Å². The van der Waals surface area contributed by atoms with Gasteiger partial charge in [-0.3, -0.25) is 0 Å².